The van der Waals surface area contributed by atoms with Crippen LogP contribution in [0.4, 0.5) is 0 Å². The van der Waals surface area contributed by atoms with Gasteiger partial charge in [-0.1, -0.05) is 17.8 Å². The molecule has 0 saturated carbocycles. The quantitative estimate of drug-likeness (QED) is 0.855. The van der Waals surface area contributed by atoms with Gasteiger partial charge < -0.3 is 5.73 Å². The minimum Gasteiger partial charge on any atom is -0.326 e. The average Bonchev–Trinajstić information content (AvgIpc) is 2.31. The van der Waals surface area contributed by atoms with Gasteiger partial charge in [0.05, 0.1) is 0 Å². The standard InChI is InChI=1S/C11H11N3S/c12-7-9-4-6-13-8-10(9)15-11-3-1-2-5-14-11/h1-6,8H,7,12H2. The fraction of sp³-hybridized carbons (Fsp3) is 0.0909. The van der Waals surface area contributed by atoms with Crippen molar-refractivity contribution in [2.24, 2.45) is 5.73 Å². The molecule has 2 aromatic heterocycles. The third kappa shape index (κ3) is 2.55. The fourth-order valence-corrected chi connectivity index (χ4v) is 2.07. The van der Waals surface area contributed by atoms with Crippen LogP contribution < -0.4 is 5.73 Å². The maximum absolute atomic E-state index is 5.64. The number of rotatable bonds is 3. The SMILES string of the molecule is NCc1ccncc1Sc1ccccn1. The van der Waals surface area contributed by atoms with Gasteiger partial charge in [0.2, 0.25) is 0 Å². The summed E-state index contributed by atoms with van der Waals surface area (Å²) in [6.45, 7) is 0.525. The van der Waals surface area contributed by atoms with Crippen LogP contribution in [-0.4, -0.2) is 9.97 Å². The second-order valence-electron chi connectivity index (χ2n) is 2.96. The third-order valence-electron chi connectivity index (χ3n) is 1.94. The minimum atomic E-state index is 0.525. The molecule has 2 aromatic rings. The van der Waals surface area contributed by atoms with Gasteiger partial charge in [-0.05, 0) is 23.8 Å². The van der Waals surface area contributed by atoms with E-state index in [-0.39, 0.29) is 0 Å². The van der Waals surface area contributed by atoms with E-state index in [0.29, 0.717) is 6.54 Å². The predicted octanol–water partition coefficient (Wildman–Crippen LogP) is 2.09. The van der Waals surface area contributed by atoms with Gasteiger partial charge in [-0.2, -0.15) is 0 Å². The molecule has 2 N–H and O–H groups in total. The molecule has 0 saturated heterocycles. The predicted molar refractivity (Wildman–Crippen MR) is 60.5 cm³/mol. The molecule has 0 atom stereocenters. The van der Waals surface area contributed by atoms with Crippen LogP contribution in [0.1, 0.15) is 5.56 Å². The number of nitrogens with zero attached hydrogens (tertiary/aromatic N) is 2. The maximum atomic E-state index is 5.64. The highest BCUT2D eigenvalue weighted by molar-refractivity contribution is 7.99. The summed E-state index contributed by atoms with van der Waals surface area (Å²) in [5.41, 5.74) is 6.74. The Balaban J connectivity index is 2.24. The van der Waals surface area contributed by atoms with Crippen LogP contribution in [0.5, 0.6) is 0 Å². The lowest BCUT2D eigenvalue weighted by Crippen LogP contribution is -1.98. The Hall–Kier alpha value is -1.39. The van der Waals surface area contributed by atoms with Gasteiger partial charge >= 0.3 is 0 Å². The molecule has 0 aliphatic carbocycles. The Labute approximate surface area is 92.8 Å². The van der Waals surface area contributed by atoms with Crippen molar-refractivity contribution in [1.82, 2.24) is 9.97 Å². The van der Waals surface area contributed by atoms with E-state index >= 15 is 0 Å². The molecule has 0 fully saturated rings. The molecule has 0 aliphatic rings. The van der Waals surface area contributed by atoms with Crippen molar-refractivity contribution in [2.75, 3.05) is 0 Å². The van der Waals surface area contributed by atoms with E-state index in [2.05, 4.69) is 9.97 Å². The summed E-state index contributed by atoms with van der Waals surface area (Å²) in [7, 11) is 0. The summed E-state index contributed by atoms with van der Waals surface area (Å²) in [4.78, 5) is 9.40. The summed E-state index contributed by atoms with van der Waals surface area (Å²) >= 11 is 1.59. The Kier molecular flexibility index (Phi) is 3.32. The normalized spacial score (nSPS) is 10.2. The Bertz CT molecular complexity index is 431. The van der Waals surface area contributed by atoms with Crippen molar-refractivity contribution in [3.05, 3.63) is 48.4 Å². The zero-order valence-electron chi connectivity index (χ0n) is 8.13. The second-order valence-corrected chi connectivity index (χ2v) is 4.02. The van der Waals surface area contributed by atoms with Crippen LogP contribution in [0.25, 0.3) is 0 Å². The molecule has 0 unspecified atom stereocenters. The Morgan fingerprint density at radius 2 is 2.13 bits per heavy atom. The number of nitrogens with two attached hydrogens (primary N) is 1. The summed E-state index contributed by atoms with van der Waals surface area (Å²) in [5.74, 6) is 0. The molecule has 0 spiro atoms. The lowest BCUT2D eigenvalue weighted by atomic mass is 10.3. The fourth-order valence-electron chi connectivity index (χ4n) is 1.19. The number of hydrogen-bond acceptors (Lipinski definition) is 4. The third-order valence-corrected chi connectivity index (χ3v) is 2.98. The van der Waals surface area contributed by atoms with Crippen LogP contribution in [0.2, 0.25) is 0 Å². The molecule has 0 aliphatic heterocycles. The topological polar surface area (TPSA) is 51.8 Å². The molecule has 0 aromatic carbocycles. The lowest BCUT2D eigenvalue weighted by molar-refractivity contribution is 1.00. The summed E-state index contributed by atoms with van der Waals surface area (Å²) in [6.07, 6.45) is 5.35. The minimum absolute atomic E-state index is 0.525. The van der Waals surface area contributed by atoms with Crippen molar-refractivity contribution in [2.45, 2.75) is 16.5 Å². The van der Waals surface area contributed by atoms with Gasteiger partial charge in [0.15, 0.2) is 0 Å². The summed E-state index contributed by atoms with van der Waals surface area (Å²) < 4.78 is 0. The Morgan fingerprint density at radius 3 is 2.87 bits per heavy atom. The van der Waals surface area contributed by atoms with Crippen molar-refractivity contribution in [1.29, 1.82) is 0 Å². The van der Waals surface area contributed by atoms with E-state index in [1.165, 1.54) is 0 Å². The van der Waals surface area contributed by atoms with Crippen LogP contribution >= 0.6 is 11.8 Å². The first-order chi connectivity index (χ1) is 7.40. The highest BCUT2D eigenvalue weighted by atomic mass is 32.2. The highest BCUT2D eigenvalue weighted by Crippen LogP contribution is 2.27. The van der Waals surface area contributed by atoms with Gasteiger partial charge in [0, 0.05) is 30.0 Å². The molecule has 0 bridgehead atoms. The second kappa shape index (κ2) is 4.91. The van der Waals surface area contributed by atoms with Crippen LogP contribution in [0.3, 0.4) is 0 Å². The monoisotopic (exact) mass is 217 g/mol. The van der Waals surface area contributed by atoms with Crippen LogP contribution in [0.15, 0.2) is 52.8 Å². The van der Waals surface area contributed by atoms with Crippen molar-refractivity contribution >= 4 is 11.8 Å². The maximum Gasteiger partial charge on any atom is 0.101 e. The number of hydrogen-bond donors (Lipinski definition) is 1. The molecule has 2 heterocycles. The zero-order valence-corrected chi connectivity index (χ0v) is 8.95. The smallest absolute Gasteiger partial charge is 0.101 e. The summed E-state index contributed by atoms with van der Waals surface area (Å²) in [5, 5.41) is 0.959. The highest BCUT2D eigenvalue weighted by Gasteiger charge is 2.03. The average molecular weight is 217 g/mol. The van der Waals surface area contributed by atoms with E-state index < -0.39 is 0 Å². The first kappa shape index (κ1) is 10.1. The van der Waals surface area contributed by atoms with Crippen LogP contribution in [-0.2, 0) is 6.54 Å². The molecule has 3 nitrogen and oxygen atoms in total. The first-order valence-corrected chi connectivity index (χ1v) is 5.43. The van der Waals surface area contributed by atoms with Gasteiger partial charge in [0.25, 0.3) is 0 Å². The van der Waals surface area contributed by atoms with Crippen molar-refractivity contribution in [3.63, 3.8) is 0 Å². The van der Waals surface area contributed by atoms with Crippen molar-refractivity contribution < 1.29 is 0 Å². The molecule has 4 heteroatoms. The van der Waals surface area contributed by atoms with Gasteiger partial charge in [-0.25, -0.2) is 4.98 Å². The largest absolute Gasteiger partial charge is 0.326 e. The van der Waals surface area contributed by atoms with E-state index in [1.54, 1.807) is 24.2 Å². The van der Waals surface area contributed by atoms with Crippen LogP contribution in [0, 0.1) is 0 Å². The van der Waals surface area contributed by atoms with Gasteiger partial charge in [-0.15, -0.1) is 0 Å². The first-order valence-electron chi connectivity index (χ1n) is 4.62. The lowest BCUT2D eigenvalue weighted by Gasteiger charge is -2.04. The summed E-state index contributed by atoms with van der Waals surface area (Å²) in [6, 6.07) is 7.77. The Morgan fingerprint density at radius 1 is 1.20 bits per heavy atom. The number of pyridine rings is 2. The van der Waals surface area contributed by atoms with E-state index in [9.17, 15) is 0 Å². The molecule has 0 amide bonds. The van der Waals surface area contributed by atoms with Gasteiger partial charge in [0.1, 0.15) is 5.03 Å². The molecule has 15 heavy (non-hydrogen) atoms. The van der Waals surface area contributed by atoms with E-state index in [1.807, 2.05) is 30.5 Å². The van der Waals surface area contributed by atoms with E-state index in [0.717, 1.165) is 15.5 Å². The molecular weight excluding hydrogens is 206 g/mol. The van der Waals surface area contributed by atoms with E-state index in [4.69, 9.17) is 5.73 Å². The number of aromatic nitrogens is 2. The zero-order chi connectivity index (χ0) is 10.5. The molecular formula is C11H11N3S. The molecule has 2 rings (SSSR count). The van der Waals surface area contributed by atoms with Crippen molar-refractivity contribution in [3.8, 4) is 0 Å². The molecule has 0 radical (unpaired) electrons. The molecule has 76 valence electrons. The van der Waals surface area contributed by atoms with Gasteiger partial charge in [-0.3, -0.25) is 4.98 Å².